The highest BCUT2D eigenvalue weighted by Crippen LogP contribution is 2.33. The summed E-state index contributed by atoms with van der Waals surface area (Å²) in [6.45, 7) is 7.97. The van der Waals surface area contributed by atoms with Crippen molar-refractivity contribution >= 4 is 21.0 Å². The molecule has 6 nitrogen and oxygen atoms in total. The van der Waals surface area contributed by atoms with Crippen LogP contribution >= 0.6 is 9.39 Å². The second kappa shape index (κ2) is 5.91. The number of nitrogens with zero attached hydrogens (tertiary/aromatic N) is 4. The molecule has 0 saturated carbocycles. The fourth-order valence-electron chi connectivity index (χ4n) is 3.02. The Morgan fingerprint density at radius 2 is 1.26 bits per heavy atom. The fraction of sp³-hybridized carbons (Fsp3) is 0.625. The van der Waals surface area contributed by atoms with E-state index in [1.54, 1.807) is 0 Å². The number of allylic oxidation sites excluding steroid dienone is 1. The van der Waals surface area contributed by atoms with E-state index in [1.807, 2.05) is 14.7 Å². The van der Waals surface area contributed by atoms with Crippen LogP contribution in [0.1, 0.15) is 12.8 Å². The van der Waals surface area contributed by atoms with Gasteiger partial charge in [0.15, 0.2) is 0 Å². The number of Topliss-reactive ketones (excluding diaryl/α,β-unsaturated/α-hetero) is 1. The van der Waals surface area contributed by atoms with E-state index in [4.69, 9.17) is 0 Å². The smallest absolute Gasteiger partial charge is 0.227 e. The van der Waals surface area contributed by atoms with E-state index in [0.29, 0.717) is 17.1 Å². The van der Waals surface area contributed by atoms with Crippen molar-refractivity contribution in [3.8, 4) is 0 Å². The molecule has 0 amide bonds. The van der Waals surface area contributed by atoms with Gasteiger partial charge in [-0.05, 0) is 12.8 Å². The molecule has 0 aromatic heterocycles. The van der Waals surface area contributed by atoms with Gasteiger partial charge in [-0.3, -0.25) is 14.3 Å². The lowest BCUT2D eigenvalue weighted by atomic mass is 10.0. The zero-order valence-corrected chi connectivity index (χ0v) is 14.5. The minimum absolute atomic E-state index is 0.00546. The van der Waals surface area contributed by atoms with Crippen molar-refractivity contribution in [2.45, 2.75) is 12.8 Å². The standard InChI is InChI=1S/C12H13N3O2.C4H10NP/c16-9-7-8(13-1-2-13)12(17)11(15-5-6-15)10(9)14-3-4-14;6-5-3-1-2-4-5/h7H,1-6H2;1-4,6H2. The maximum atomic E-state index is 12.4. The molecule has 4 fully saturated rings. The van der Waals surface area contributed by atoms with Crippen molar-refractivity contribution in [3.63, 3.8) is 0 Å². The molecule has 0 radical (unpaired) electrons. The van der Waals surface area contributed by atoms with Gasteiger partial charge in [0.05, 0.1) is 5.70 Å². The third-order valence-electron chi connectivity index (χ3n) is 4.63. The third kappa shape index (κ3) is 3.29. The summed E-state index contributed by atoms with van der Waals surface area (Å²) in [7, 11) is 2.71. The molecule has 5 aliphatic rings. The summed E-state index contributed by atoms with van der Waals surface area (Å²) in [6.07, 6.45) is 4.31. The molecular formula is C16H23N4O2P. The zero-order valence-electron chi connectivity index (χ0n) is 13.3. The van der Waals surface area contributed by atoms with Gasteiger partial charge in [-0.25, -0.2) is 0 Å². The van der Waals surface area contributed by atoms with Crippen molar-refractivity contribution in [3.05, 3.63) is 23.2 Å². The van der Waals surface area contributed by atoms with Gasteiger partial charge in [0.2, 0.25) is 11.6 Å². The molecule has 0 spiro atoms. The van der Waals surface area contributed by atoms with Crippen molar-refractivity contribution < 1.29 is 9.59 Å². The van der Waals surface area contributed by atoms with Crippen LogP contribution in [0.3, 0.4) is 0 Å². The van der Waals surface area contributed by atoms with E-state index in [1.165, 1.54) is 32.0 Å². The van der Waals surface area contributed by atoms with Crippen LogP contribution in [0.2, 0.25) is 0 Å². The number of carbonyl (C=O) groups excluding carboxylic acids is 2. The molecule has 1 atom stereocenters. The topological polar surface area (TPSA) is 46.4 Å². The molecule has 23 heavy (non-hydrogen) atoms. The first-order valence-corrected chi connectivity index (χ1v) is 8.96. The number of rotatable bonds is 3. The summed E-state index contributed by atoms with van der Waals surface area (Å²) < 4.78 is 2.28. The van der Waals surface area contributed by atoms with Crippen LogP contribution < -0.4 is 0 Å². The Morgan fingerprint density at radius 1 is 0.739 bits per heavy atom. The van der Waals surface area contributed by atoms with E-state index in [9.17, 15) is 9.59 Å². The van der Waals surface area contributed by atoms with E-state index >= 15 is 0 Å². The van der Waals surface area contributed by atoms with Gasteiger partial charge in [0, 0.05) is 58.4 Å². The quantitative estimate of drug-likeness (QED) is 0.413. The fourth-order valence-corrected chi connectivity index (χ4v) is 3.38. The zero-order chi connectivity index (χ0) is 16.0. The first kappa shape index (κ1) is 15.2. The highest BCUT2D eigenvalue weighted by molar-refractivity contribution is 7.13. The SMILES string of the molecule is O=C1C=C(N2CC2)C(=O)C(N2CC2)=C1N1CC1.PN1CCCC1. The van der Waals surface area contributed by atoms with Crippen LogP contribution in [0.4, 0.5) is 0 Å². The summed E-state index contributed by atoms with van der Waals surface area (Å²) in [5.74, 6) is 0.0485. The lowest BCUT2D eigenvalue weighted by Gasteiger charge is -2.21. The molecule has 4 aliphatic heterocycles. The summed E-state index contributed by atoms with van der Waals surface area (Å²) >= 11 is 0. The Morgan fingerprint density at radius 3 is 1.70 bits per heavy atom. The first-order chi connectivity index (χ1) is 11.1. The first-order valence-electron chi connectivity index (χ1n) is 8.44. The molecule has 4 heterocycles. The van der Waals surface area contributed by atoms with Gasteiger partial charge in [-0.1, -0.05) is 9.39 Å². The number of ketones is 2. The van der Waals surface area contributed by atoms with Crippen molar-refractivity contribution in [2.24, 2.45) is 0 Å². The summed E-state index contributed by atoms with van der Waals surface area (Å²) in [6, 6.07) is 0. The van der Waals surface area contributed by atoms with Gasteiger partial charge in [-0.15, -0.1) is 0 Å². The highest BCUT2D eigenvalue weighted by Gasteiger charge is 2.43. The number of hydrogen-bond donors (Lipinski definition) is 0. The van der Waals surface area contributed by atoms with Crippen LogP contribution in [-0.4, -0.2) is 83.3 Å². The van der Waals surface area contributed by atoms with E-state index < -0.39 is 0 Å². The van der Waals surface area contributed by atoms with Crippen molar-refractivity contribution in [1.29, 1.82) is 0 Å². The monoisotopic (exact) mass is 334 g/mol. The number of carbonyl (C=O) groups is 2. The average molecular weight is 334 g/mol. The van der Waals surface area contributed by atoms with Gasteiger partial charge in [-0.2, -0.15) is 0 Å². The molecule has 0 bridgehead atoms. The Labute approximate surface area is 139 Å². The van der Waals surface area contributed by atoms with Crippen LogP contribution in [0.5, 0.6) is 0 Å². The predicted octanol–water partition coefficient (Wildman–Crippen LogP) is 0.0528. The van der Waals surface area contributed by atoms with Crippen molar-refractivity contribution in [1.82, 2.24) is 19.4 Å². The summed E-state index contributed by atoms with van der Waals surface area (Å²) in [5, 5.41) is 0. The van der Waals surface area contributed by atoms with Crippen molar-refractivity contribution in [2.75, 3.05) is 52.4 Å². The van der Waals surface area contributed by atoms with E-state index in [0.717, 1.165) is 39.3 Å². The molecule has 7 heteroatoms. The van der Waals surface area contributed by atoms with Crippen LogP contribution in [0.25, 0.3) is 0 Å². The second-order valence-corrected chi connectivity index (χ2v) is 7.35. The van der Waals surface area contributed by atoms with Crippen LogP contribution in [-0.2, 0) is 9.59 Å². The molecule has 5 rings (SSSR count). The summed E-state index contributed by atoms with van der Waals surface area (Å²) in [5.41, 5.74) is 1.89. The van der Waals surface area contributed by atoms with E-state index in [-0.39, 0.29) is 11.6 Å². The second-order valence-electron chi connectivity index (χ2n) is 6.62. The Hall–Kier alpha value is -1.39. The maximum absolute atomic E-state index is 12.4. The molecule has 1 unspecified atom stereocenters. The number of hydrogen-bond acceptors (Lipinski definition) is 6. The minimum atomic E-state index is 0.00546. The minimum Gasteiger partial charge on any atom is -0.365 e. The Bertz CT molecular complexity index is 597. The molecule has 1 aliphatic carbocycles. The molecular weight excluding hydrogens is 311 g/mol. The lowest BCUT2D eigenvalue weighted by Crippen LogP contribution is -2.29. The Balaban J connectivity index is 0.000000192. The molecule has 0 N–H and O–H groups in total. The Kier molecular flexibility index (Phi) is 3.90. The van der Waals surface area contributed by atoms with Gasteiger partial charge in [0.25, 0.3) is 0 Å². The lowest BCUT2D eigenvalue weighted by molar-refractivity contribution is -0.117. The van der Waals surface area contributed by atoms with Crippen LogP contribution in [0, 0.1) is 0 Å². The highest BCUT2D eigenvalue weighted by atomic mass is 31.0. The van der Waals surface area contributed by atoms with Crippen LogP contribution in [0.15, 0.2) is 23.2 Å². The van der Waals surface area contributed by atoms with E-state index in [2.05, 4.69) is 14.1 Å². The van der Waals surface area contributed by atoms with Gasteiger partial charge >= 0.3 is 0 Å². The molecule has 0 aromatic rings. The molecule has 4 saturated heterocycles. The third-order valence-corrected chi connectivity index (χ3v) is 5.15. The normalized spacial score (nSPS) is 26.3. The molecule has 124 valence electrons. The largest absolute Gasteiger partial charge is 0.365 e. The predicted molar refractivity (Wildman–Crippen MR) is 90.4 cm³/mol. The summed E-state index contributed by atoms with van der Waals surface area (Å²) in [4.78, 5) is 30.5. The average Bonchev–Trinajstić information content (AvgIpc) is 3.39. The van der Waals surface area contributed by atoms with Gasteiger partial charge < -0.3 is 14.7 Å². The maximum Gasteiger partial charge on any atom is 0.227 e. The van der Waals surface area contributed by atoms with Gasteiger partial charge in [0.1, 0.15) is 11.4 Å². The molecule has 0 aromatic carbocycles.